The van der Waals surface area contributed by atoms with Gasteiger partial charge in [-0.25, -0.2) is 4.79 Å². The third-order valence-electron chi connectivity index (χ3n) is 1.91. The lowest BCUT2D eigenvalue weighted by molar-refractivity contribution is 0.202. The van der Waals surface area contributed by atoms with Crippen LogP contribution in [0.25, 0.3) is 0 Å². The first-order valence-electron chi connectivity index (χ1n) is 3.92. The largest absolute Gasteiger partial charge is 0.463 e. The van der Waals surface area contributed by atoms with Crippen molar-refractivity contribution < 1.29 is 9.90 Å². The summed E-state index contributed by atoms with van der Waals surface area (Å²) in [6, 6.07) is 7.34. The number of para-hydroxylation sites is 1. The Morgan fingerprint density at radius 3 is 3.00 bits per heavy atom. The third-order valence-corrected chi connectivity index (χ3v) is 1.91. The van der Waals surface area contributed by atoms with Crippen LogP contribution < -0.4 is 5.01 Å². The van der Waals surface area contributed by atoms with Gasteiger partial charge in [-0.2, -0.15) is 10.1 Å². The van der Waals surface area contributed by atoms with E-state index < -0.39 is 6.09 Å². The van der Waals surface area contributed by atoms with Gasteiger partial charge in [0.15, 0.2) is 0 Å². The standard InChI is InChI=1S/C9H8N2O2/c12-9(13)11-8-4-2-1-3-7(8)5-6-10-11/h1-4,6H,5H2,(H,12,13). The number of carboxylic acid groups (broad SMARTS) is 1. The summed E-state index contributed by atoms with van der Waals surface area (Å²) in [5.74, 6) is 0. The first kappa shape index (κ1) is 7.79. The lowest BCUT2D eigenvalue weighted by Crippen LogP contribution is -2.26. The van der Waals surface area contributed by atoms with Gasteiger partial charge in [-0.05, 0) is 11.6 Å². The van der Waals surface area contributed by atoms with Crippen LogP contribution in [0.3, 0.4) is 0 Å². The van der Waals surface area contributed by atoms with Gasteiger partial charge in [0.2, 0.25) is 0 Å². The number of anilines is 1. The number of hydrazone groups is 1. The zero-order valence-corrected chi connectivity index (χ0v) is 6.84. The smallest absolute Gasteiger partial charge is 0.432 e. The van der Waals surface area contributed by atoms with Gasteiger partial charge < -0.3 is 5.11 Å². The summed E-state index contributed by atoms with van der Waals surface area (Å²) in [6.45, 7) is 0. The Bertz CT molecular complexity index is 374. The topological polar surface area (TPSA) is 52.9 Å². The molecule has 1 aliphatic heterocycles. The molecular formula is C9H8N2O2. The number of amides is 1. The van der Waals surface area contributed by atoms with Crippen molar-refractivity contribution >= 4 is 18.0 Å². The molecule has 13 heavy (non-hydrogen) atoms. The van der Waals surface area contributed by atoms with Crippen molar-refractivity contribution in [1.82, 2.24) is 0 Å². The van der Waals surface area contributed by atoms with Gasteiger partial charge in [-0.1, -0.05) is 18.2 Å². The molecule has 1 amide bonds. The maximum atomic E-state index is 10.7. The molecule has 1 aromatic rings. The summed E-state index contributed by atoms with van der Waals surface area (Å²) < 4.78 is 0. The zero-order valence-electron chi connectivity index (χ0n) is 6.84. The second-order valence-corrected chi connectivity index (χ2v) is 2.73. The highest BCUT2D eigenvalue weighted by Gasteiger charge is 2.18. The summed E-state index contributed by atoms with van der Waals surface area (Å²) >= 11 is 0. The summed E-state index contributed by atoms with van der Waals surface area (Å²) in [5.41, 5.74) is 1.64. The van der Waals surface area contributed by atoms with Gasteiger partial charge in [-0.3, -0.25) is 0 Å². The van der Waals surface area contributed by atoms with Crippen molar-refractivity contribution in [2.45, 2.75) is 6.42 Å². The Kier molecular flexibility index (Phi) is 1.73. The van der Waals surface area contributed by atoms with E-state index in [-0.39, 0.29) is 0 Å². The molecule has 0 radical (unpaired) electrons. The first-order chi connectivity index (χ1) is 6.29. The van der Waals surface area contributed by atoms with Gasteiger partial charge in [0.05, 0.1) is 5.69 Å². The van der Waals surface area contributed by atoms with Gasteiger partial charge in [0.1, 0.15) is 0 Å². The number of benzene rings is 1. The molecule has 0 aromatic heterocycles. The molecule has 1 aliphatic rings. The predicted molar refractivity (Wildman–Crippen MR) is 49.1 cm³/mol. The quantitative estimate of drug-likeness (QED) is 0.654. The fraction of sp³-hybridized carbons (Fsp3) is 0.111. The van der Waals surface area contributed by atoms with E-state index in [0.717, 1.165) is 10.6 Å². The van der Waals surface area contributed by atoms with Crippen LogP contribution >= 0.6 is 0 Å². The molecule has 2 rings (SSSR count). The number of rotatable bonds is 0. The molecule has 0 atom stereocenters. The molecule has 0 saturated carbocycles. The second kappa shape index (κ2) is 2.90. The second-order valence-electron chi connectivity index (χ2n) is 2.73. The average molecular weight is 176 g/mol. The van der Waals surface area contributed by atoms with Gasteiger partial charge >= 0.3 is 6.09 Å². The van der Waals surface area contributed by atoms with Crippen molar-refractivity contribution in [3.63, 3.8) is 0 Å². The summed E-state index contributed by atoms with van der Waals surface area (Å²) in [7, 11) is 0. The highest BCUT2D eigenvalue weighted by Crippen LogP contribution is 2.23. The number of hydrogen-bond acceptors (Lipinski definition) is 2. The Hall–Kier alpha value is -1.84. The Morgan fingerprint density at radius 2 is 2.23 bits per heavy atom. The minimum Gasteiger partial charge on any atom is -0.463 e. The first-order valence-corrected chi connectivity index (χ1v) is 3.92. The molecule has 0 aliphatic carbocycles. The van der Waals surface area contributed by atoms with Crippen LogP contribution in [0, 0.1) is 0 Å². The molecule has 1 N–H and O–H groups in total. The Morgan fingerprint density at radius 1 is 1.46 bits per heavy atom. The normalized spacial score (nSPS) is 14.0. The molecular weight excluding hydrogens is 168 g/mol. The number of nitrogens with zero attached hydrogens (tertiary/aromatic N) is 2. The number of fused-ring (bicyclic) bond motifs is 1. The molecule has 1 heterocycles. The molecule has 66 valence electrons. The van der Waals surface area contributed by atoms with Crippen LogP contribution in [0.4, 0.5) is 10.5 Å². The monoisotopic (exact) mass is 176 g/mol. The Labute approximate surface area is 75.1 Å². The van der Waals surface area contributed by atoms with E-state index in [1.165, 1.54) is 0 Å². The number of carbonyl (C=O) groups is 1. The molecule has 4 nitrogen and oxygen atoms in total. The van der Waals surface area contributed by atoms with Crippen molar-refractivity contribution in [3.8, 4) is 0 Å². The van der Waals surface area contributed by atoms with Gasteiger partial charge in [0.25, 0.3) is 0 Å². The van der Waals surface area contributed by atoms with E-state index in [1.807, 2.05) is 12.1 Å². The van der Waals surface area contributed by atoms with Crippen LogP contribution in [0.5, 0.6) is 0 Å². The van der Waals surface area contributed by atoms with E-state index in [2.05, 4.69) is 5.10 Å². The highest BCUT2D eigenvalue weighted by atomic mass is 16.4. The molecule has 0 spiro atoms. The molecule has 0 unspecified atom stereocenters. The average Bonchev–Trinajstić information content (AvgIpc) is 2.17. The minimum absolute atomic E-state index is 0.650. The minimum atomic E-state index is -1.05. The molecule has 0 saturated heterocycles. The molecule has 0 fully saturated rings. The lowest BCUT2D eigenvalue weighted by atomic mass is 10.1. The fourth-order valence-corrected chi connectivity index (χ4v) is 1.33. The van der Waals surface area contributed by atoms with E-state index >= 15 is 0 Å². The van der Waals surface area contributed by atoms with E-state index in [0.29, 0.717) is 12.1 Å². The molecule has 0 bridgehead atoms. The van der Waals surface area contributed by atoms with Gasteiger partial charge in [0, 0.05) is 12.6 Å². The predicted octanol–water partition coefficient (Wildman–Crippen LogP) is 1.71. The van der Waals surface area contributed by atoms with E-state index in [4.69, 9.17) is 5.11 Å². The van der Waals surface area contributed by atoms with Crippen LogP contribution in [0.1, 0.15) is 5.56 Å². The Balaban J connectivity index is 2.48. The highest BCUT2D eigenvalue weighted by molar-refractivity contribution is 5.90. The van der Waals surface area contributed by atoms with E-state index in [1.54, 1.807) is 18.3 Å². The van der Waals surface area contributed by atoms with Crippen LogP contribution in [-0.2, 0) is 6.42 Å². The maximum Gasteiger partial charge on any atom is 0.432 e. The third kappa shape index (κ3) is 1.26. The maximum absolute atomic E-state index is 10.7. The van der Waals surface area contributed by atoms with Crippen molar-refractivity contribution in [2.24, 2.45) is 5.10 Å². The zero-order chi connectivity index (χ0) is 9.26. The summed E-state index contributed by atoms with van der Waals surface area (Å²) in [6.07, 6.45) is 1.24. The van der Waals surface area contributed by atoms with E-state index in [9.17, 15) is 4.79 Å². The van der Waals surface area contributed by atoms with Crippen LogP contribution in [0.15, 0.2) is 29.4 Å². The van der Waals surface area contributed by atoms with Crippen LogP contribution in [0.2, 0.25) is 0 Å². The fourth-order valence-electron chi connectivity index (χ4n) is 1.33. The van der Waals surface area contributed by atoms with Gasteiger partial charge in [-0.15, -0.1) is 0 Å². The molecule has 1 aromatic carbocycles. The van der Waals surface area contributed by atoms with Crippen molar-refractivity contribution in [2.75, 3.05) is 5.01 Å². The lowest BCUT2D eigenvalue weighted by Gasteiger charge is -2.19. The molecule has 4 heteroatoms. The number of hydrogen-bond donors (Lipinski definition) is 1. The SMILES string of the molecule is O=C(O)N1N=CCc2ccccc21. The van der Waals surface area contributed by atoms with Crippen LogP contribution in [-0.4, -0.2) is 17.4 Å². The summed E-state index contributed by atoms with van der Waals surface area (Å²) in [4.78, 5) is 10.7. The van der Waals surface area contributed by atoms with Crippen molar-refractivity contribution in [3.05, 3.63) is 29.8 Å². The summed E-state index contributed by atoms with van der Waals surface area (Å²) in [5, 5.41) is 13.6. The van der Waals surface area contributed by atoms with Crippen molar-refractivity contribution in [1.29, 1.82) is 0 Å².